The van der Waals surface area contributed by atoms with Crippen molar-refractivity contribution in [1.82, 2.24) is 0 Å². The van der Waals surface area contributed by atoms with Gasteiger partial charge in [-0.2, -0.15) is 0 Å². The van der Waals surface area contributed by atoms with Crippen LogP contribution in [0.1, 0.15) is 11.3 Å². The molecule has 2 N–H and O–H groups in total. The zero-order valence-electron chi connectivity index (χ0n) is 11.6. The minimum Gasteiger partial charge on any atom is -0.467 e. The number of furan rings is 1. The predicted molar refractivity (Wildman–Crippen MR) is 86.2 cm³/mol. The third-order valence-corrected chi connectivity index (χ3v) is 3.52. The summed E-state index contributed by atoms with van der Waals surface area (Å²) in [7, 11) is 0. The van der Waals surface area contributed by atoms with Crippen molar-refractivity contribution in [2.45, 2.75) is 13.1 Å². The molecule has 1 heterocycles. The van der Waals surface area contributed by atoms with E-state index in [9.17, 15) is 9.59 Å². The van der Waals surface area contributed by atoms with E-state index in [1.165, 1.54) is 0 Å². The monoisotopic (exact) mass is 316 g/mol. The minimum absolute atomic E-state index is 0.295. The van der Waals surface area contributed by atoms with Crippen LogP contribution in [0.2, 0.25) is 5.02 Å². The highest BCUT2D eigenvalue weighted by Crippen LogP contribution is 2.18. The summed E-state index contributed by atoms with van der Waals surface area (Å²) in [6.45, 7) is 0.768. The first-order chi connectivity index (χ1) is 10.6. The number of nitrogens with one attached hydrogen (secondary N) is 2. The lowest BCUT2D eigenvalue weighted by molar-refractivity contribution is 0.518. The average molecular weight is 317 g/mol. The fraction of sp³-hybridized carbons (Fsp3) is 0.125. The Morgan fingerprint density at radius 1 is 0.955 bits per heavy atom. The number of halogens is 1. The molecule has 3 rings (SSSR count). The molecule has 112 valence electrons. The van der Waals surface area contributed by atoms with Crippen LogP contribution in [0.25, 0.3) is 0 Å². The lowest BCUT2D eigenvalue weighted by atomic mass is 10.1. The summed E-state index contributed by atoms with van der Waals surface area (Å²) in [5.74, 6) is 0.689. The molecular weight excluding hydrogens is 304 g/mol. The molecule has 6 heteroatoms. The molecule has 22 heavy (non-hydrogen) atoms. The van der Waals surface area contributed by atoms with Gasteiger partial charge < -0.3 is 15.1 Å². The van der Waals surface area contributed by atoms with E-state index in [1.54, 1.807) is 30.5 Å². The number of hydrogen-bond acceptors (Lipinski definition) is 5. The Morgan fingerprint density at radius 2 is 1.68 bits per heavy atom. The van der Waals surface area contributed by atoms with E-state index < -0.39 is 10.9 Å². The van der Waals surface area contributed by atoms with Crippen LogP contribution >= 0.6 is 11.6 Å². The average Bonchev–Trinajstić information content (AvgIpc) is 3.03. The van der Waals surface area contributed by atoms with Crippen molar-refractivity contribution >= 4 is 23.0 Å². The Labute approximate surface area is 131 Å². The smallest absolute Gasteiger partial charge is 0.253 e. The van der Waals surface area contributed by atoms with E-state index in [4.69, 9.17) is 16.0 Å². The molecule has 3 aromatic rings. The van der Waals surface area contributed by atoms with Gasteiger partial charge >= 0.3 is 0 Å². The number of hydrogen-bond donors (Lipinski definition) is 2. The van der Waals surface area contributed by atoms with Gasteiger partial charge in [-0.3, -0.25) is 9.59 Å². The Kier molecular flexibility index (Phi) is 3.98. The van der Waals surface area contributed by atoms with E-state index in [2.05, 4.69) is 10.6 Å². The summed E-state index contributed by atoms with van der Waals surface area (Å²) in [5, 5.41) is 6.53. The second-order valence-electron chi connectivity index (χ2n) is 4.82. The molecule has 0 unspecified atom stereocenters. The van der Waals surface area contributed by atoms with Gasteiger partial charge in [0.1, 0.15) is 17.1 Å². The zero-order valence-corrected chi connectivity index (χ0v) is 12.3. The SMILES string of the molecule is O=c1c(NCc2cccc(Cl)c2)c(NCc2ccco2)c1=O. The van der Waals surface area contributed by atoms with Crippen molar-refractivity contribution in [3.8, 4) is 0 Å². The topological polar surface area (TPSA) is 71.3 Å². The molecule has 1 aromatic heterocycles. The van der Waals surface area contributed by atoms with Crippen molar-refractivity contribution in [3.05, 3.63) is 79.5 Å². The summed E-state index contributed by atoms with van der Waals surface area (Å²) in [5.41, 5.74) is 0.501. The van der Waals surface area contributed by atoms with Gasteiger partial charge in [0.05, 0.1) is 12.8 Å². The lowest BCUT2D eigenvalue weighted by Crippen LogP contribution is -2.37. The maximum Gasteiger partial charge on any atom is 0.253 e. The van der Waals surface area contributed by atoms with Gasteiger partial charge in [-0.1, -0.05) is 23.7 Å². The van der Waals surface area contributed by atoms with E-state index >= 15 is 0 Å². The molecule has 0 spiro atoms. The fourth-order valence-electron chi connectivity index (χ4n) is 2.16. The maximum absolute atomic E-state index is 11.7. The van der Waals surface area contributed by atoms with Gasteiger partial charge in [-0.25, -0.2) is 0 Å². The molecule has 5 nitrogen and oxygen atoms in total. The third-order valence-electron chi connectivity index (χ3n) is 3.29. The largest absolute Gasteiger partial charge is 0.467 e. The molecule has 0 atom stereocenters. The highest BCUT2D eigenvalue weighted by atomic mass is 35.5. The normalized spacial score (nSPS) is 10.8. The Bertz CT molecular complexity index is 849. The quantitative estimate of drug-likeness (QED) is 0.684. The predicted octanol–water partition coefficient (Wildman–Crippen LogP) is 2.75. The molecule has 0 saturated carbocycles. The Hall–Kier alpha value is -2.53. The first kappa shape index (κ1) is 14.4. The first-order valence-electron chi connectivity index (χ1n) is 6.73. The van der Waals surface area contributed by atoms with Crippen LogP contribution in [-0.4, -0.2) is 0 Å². The van der Waals surface area contributed by atoms with Crippen LogP contribution in [0.4, 0.5) is 11.4 Å². The molecule has 2 aromatic carbocycles. The van der Waals surface area contributed by atoms with Gasteiger partial charge in [0.25, 0.3) is 10.9 Å². The van der Waals surface area contributed by atoms with Crippen LogP contribution < -0.4 is 21.5 Å². The van der Waals surface area contributed by atoms with Gasteiger partial charge in [0, 0.05) is 11.6 Å². The molecule has 0 aliphatic carbocycles. The van der Waals surface area contributed by atoms with Gasteiger partial charge in [-0.15, -0.1) is 0 Å². The number of rotatable bonds is 6. The molecule has 0 fully saturated rings. The summed E-state index contributed by atoms with van der Waals surface area (Å²) >= 11 is 5.91. The first-order valence-corrected chi connectivity index (χ1v) is 7.11. The van der Waals surface area contributed by atoms with Gasteiger partial charge in [0.2, 0.25) is 0 Å². The van der Waals surface area contributed by atoms with E-state index in [-0.39, 0.29) is 0 Å². The third kappa shape index (κ3) is 2.89. The molecule has 0 bridgehead atoms. The molecular formula is C16H13ClN2O3. The molecule has 0 aliphatic heterocycles. The maximum atomic E-state index is 11.7. The second kappa shape index (κ2) is 6.07. The summed E-state index contributed by atoms with van der Waals surface area (Å²) in [6, 6.07) is 10.8. The van der Waals surface area contributed by atoms with E-state index in [0.29, 0.717) is 35.2 Å². The lowest BCUT2D eigenvalue weighted by Gasteiger charge is -2.14. The van der Waals surface area contributed by atoms with Crippen molar-refractivity contribution in [1.29, 1.82) is 0 Å². The Balaban J connectivity index is 1.68. The molecule has 0 saturated heterocycles. The van der Waals surface area contributed by atoms with Crippen LogP contribution in [0.5, 0.6) is 0 Å². The summed E-state index contributed by atoms with van der Waals surface area (Å²) in [6.07, 6.45) is 1.55. The Morgan fingerprint density at radius 3 is 2.32 bits per heavy atom. The van der Waals surface area contributed by atoms with Crippen LogP contribution in [0, 0.1) is 0 Å². The van der Waals surface area contributed by atoms with Gasteiger partial charge in [-0.05, 0) is 29.8 Å². The number of anilines is 2. The van der Waals surface area contributed by atoms with Crippen molar-refractivity contribution in [2.24, 2.45) is 0 Å². The fourth-order valence-corrected chi connectivity index (χ4v) is 2.37. The molecule has 0 radical (unpaired) electrons. The van der Waals surface area contributed by atoms with Gasteiger partial charge in [0.15, 0.2) is 0 Å². The zero-order chi connectivity index (χ0) is 15.5. The highest BCUT2D eigenvalue weighted by molar-refractivity contribution is 6.30. The minimum atomic E-state index is -0.514. The molecule has 0 amide bonds. The van der Waals surface area contributed by atoms with Crippen LogP contribution in [0.15, 0.2) is 56.7 Å². The summed E-state index contributed by atoms with van der Waals surface area (Å²) in [4.78, 5) is 23.3. The highest BCUT2D eigenvalue weighted by Gasteiger charge is 2.20. The second-order valence-corrected chi connectivity index (χ2v) is 5.26. The van der Waals surface area contributed by atoms with Crippen LogP contribution in [-0.2, 0) is 13.1 Å². The standard InChI is InChI=1S/C16H13ClN2O3/c17-11-4-1-3-10(7-11)8-18-13-14(16(21)15(13)20)19-9-12-5-2-6-22-12/h1-7,18-19H,8-9H2. The summed E-state index contributed by atoms with van der Waals surface area (Å²) < 4.78 is 5.18. The van der Waals surface area contributed by atoms with Crippen LogP contribution in [0.3, 0.4) is 0 Å². The number of benzene rings is 1. The van der Waals surface area contributed by atoms with Crippen molar-refractivity contribution < 1.29 is 4.42 Å². The molecule has 0 aliphatic rings. The van der Waals surface area contributed by atoms with Crippen molar-refractivity contribution in [2.75, 3.05) is 10.6 Å². The van der Waals surface area contributed by atoms with E-state index in [1.807, 2.05) is 12.1 Å². The van der Waals surface area contributed by atoms with Crippen molar-refractivity contribution in [3.63, 3.8) is 0 Å². The van der Waals surface area contributed by atoms with E-state index in [0.717, 1.165) is 5.56 Å².